The Hall–Kier alpha value is -1.73. The zero-order valence-electron chi connectivity index (χ0n) is 12.8. The second-order valence-corrected chi connectivity index (χ2v) is 6.50. The molecule has 0 aliphatic heterocycles. The van der Waals surface area contributed by atoms with Crippen LogP contribution in [0.25, 0.3) is 10.2 Å². The van der Waals surface area contributed by atoms with Crippen LogP contribution >= 0.6 is 11.3 Å². The van der Waals surface area contributed by atoms with Crippen molar-refractivity contribution in [2.75, 3.05) is 27.2 Å². The maximum Gasteiger partial charge on any atom is 0.262 e. The second-order valence-electron chi connectivity index (χ2n) is 5.29. The second kappa shape index (κ2) is 6.36. The summed E-state index contributed by atoms with van der Waals surface area (Å²) in [4.78, 5) is 32.4. The van der Waals surface area contributed by atoms with E-state index in [0.29, 0.717) is 11.9 Å². The quantitative estimate of drug-likeness (QED) is 0.885. The maximum atomic E-state index is 12.4. The Labute approximate surface area is 127 Å². The van der Waals surface area contributed by atoms with Gasteiger partial charge in [-0.25, -0.2) is 4.98 Å². The molecule has 0 spiro atoms. The van der Waals surface area contributed by atoms with Crippen molar-refractivity contribution in [3.63, 3.8) is 0 Å². The molecule has 2 rings (SSSR count). The van der Waals surface area contributed by atoms with E-state index in [1.54, 1.807) is 0 Å². The first-order chi connectivity index (χ1) is 9.90. The van der Waals surface area contributed by atoms with E-state index in [-0.39, 0.29) is 18.0 Å². The highest BCUT2D eigenvalue weighted by Crippen LogP contribution is 2.25. The molecule has 0 saturated carbocycles. The van der Waals surface area contributed by atoms with Crippen LogP contribution in [-0.4, -0.2) is 47.5 Å². The van der Waals surface area contributed by atoms with Crippen LogP contribution in [-0.2, 0) is 11.3 Å². The molecule has 1 N–H and O–H groups in total. The lowest BCUT2D eigenvalue weighted by molar-refractivity contribution is -0.121. The highest BCUT2D eigenvalue weighted by molar-refractivity contribution is 7.18. The number of thiophene rings is 1. The van der Waals surface area contributed by atoms with E-state index < -0.39 is 0 Å². The van der Waals surface area contributed by atoms with Crippen molar-refractivity contribution in [1.82, 2.24) is 19.8 Å². The van der Waals surface area contributed by atoms with Gasteiger partial charge >= 0.3 is 0 Å². The Bertz CT molecular complexity index is 718. The molecule has 0 unspecified atom stereocenters. The fraction of sp³-hybridized carbons (Fsp3) is 0.500. The van der Waals surface area contributed by atoms with Crippen molar-refractivity contribution in [1.29, 1.82) is 0 Å². The van der Waals surface area contributed by atoms with Crippen molar-refractivity contribution >= 4 is 27.5 Å². The van der Waals surface area contributed by atoms with Crippen LogP contribution in [0.3, 0.4) is 0 Å². The van der Waals surface area contributed by atoms with Gasteiger partial charge in [-0.2, -0.15) is 0 Å². The van der Waals surface area contributed by atoms with Gasteiger partial charge in [-0.15, -0.1) is 11.3 Å². The van der Waals surface area contributed by atoms with Gasteiger partial charge in [0.15, 0.2) is 0 Å². The van der Waals surface area contributed by atoms with Crippen LogP contribution in [0.5, 0.6) is 0 Å². The van der Waals surface area contributed by atoms with E-state index in [0.717, 1.165) is 21.8 Å². The number of nitrogens with one attached hydrogen (secondary N) is 1. The van der Waals surface area contributed by atoms with Crippen LogP contribution in [0.2, 0.25) is 0 Å². The van der Waals surface area contributed by atoms with Crippen molar-refractivity contribution < 1.29 is 4.79 Å². The summed E-state index contributed by atoms with van der Waals surface area (Å²) in [6, 6.07) is 0. The third-order valence-electron chi connectivity index (χ3n) is 3.35. The Morgan fingerprint density at radius 1 is 1.43 bits per heavy atom. The first-order valence-corrected chi connectivity index (χ1v) is 7.58. The predicted octanol–water partition coefficient (Wildman–Crippen LogP) is 0.753. The molecule has 114 valence electrons. The lowest BCUT2D eigenvalue weighted by Gasteiger charge is -2.11. The average molecular weight is 308 g/mol. The highest BCUT2D eigenvalue weighted by Gasteiger charge is 2.13. The molecule has 2 aromatic heterocycles. The van der Waals surface area contributed by atoms with Crippen LogP contribution in [0.4, 0.5) is 0 Å². The molecule has 7 heteroatoms. The first kappa shape index (κ1) is 15.7. The molecule has 0 atom stereocenters. The number of carbonyl (C=O) groups is 1. The van der Waals surface area contributed by atoms with Crippen molar-refractivity contribution in [3.05, 3.63) is 27.1 Å². The fourth-order valence-electron chi connectivity index (χ4n) is 2.01. The zero-order chi connectivity index (χ0) is 15.6. The van der Waals surface area contributed by atoms with Gasteiger partial charge in [-0.3, -0.25) is 14.2 Å². The molecule has 0 aromatic carbocycles. The van der Waals surface area contributed by atoms with Crippen LogP contribution in [0.1, 0.15) is 10.4 Å². The lowest BCUT2D eigenvalue weighted by atomic mass is 10.2. The molecule has 0 fully saturated rings. The molecule has 0 saturated heterocycles. The van der Waals surface area contributed by atoms with Gasteiger partial charge in [0.2, 0.25) is 5.91 Å². The number of carbonyl (C=O) groups excluding carboxylic acids is 1. The normalized spacial score (nSPS) is 11.3. The predicted molar refractivity (Wildman–Crippen MR) is 84.9 cm³/mol. The highest BCUT2D eigenvalue weighted by atomic mass is 32.1. The molecule has 0 bridgehead atoms. The summed E-state index contributed by atoms with van der Waals surface area (Å²) < 4.78 is 1.37. The number of amides is 1. The third kappa shape index (κ3) is 3.48. The molecule has 2 heterocycles. The number of likely N-dealkylation sites (N-methyl/N-ethyl adjacent to an activating group) is 1. The molecular weight excluding hydrogens is 288 g/mol. The number of fused-ring (bicyclic) bond motifs is 1. The first-order valence-electron chi connectivity index (χ1n) is 6.76. The Kier molecular flexibility index (Phi) is 4.74. The van der Waals surface area contributed by atoms with Gasteiger partial charge in [0.1, 0.15) is 11.4 Å². The Balaban J connectivity index is 2.16. The van der Waals surface area contributed by atoms with Crippen LogP contribution < -0.4 is 10.9 Å². The topological polar surface area (TPSA) is 67.2 Å². The largest absolute Gasteiger partial charge is 0.353 e. The minimum absolute atomic E-state index is 0.00351. The molecule has 6 nitrogen and oxygen atoms in total. The molecule has 21 heavy (non-hydrogen) atoms. The summed E-state index contributed by atoms with van der Waals surface area (Å²) in [5.41, 5.74) is 0.805. The number of aryl methyl sites for hydroxylation is 2. The van der Waals surface area contributed by atoms with Crippen molar-refractivity contribution in [2.45, 2.75) is 20.4 Å². The minimum Gasteiger partial charge on any atom is -0.353 e. The Morgan fingerprint density at radius 2 is 2.14 bits per heavy atom. The van der Waals surface area contributed by atoms with Crippen molar-refractivity contribution in [3.8, 4) is 0 Å². The van der Waals surface area contributed by atoms with E-state index in [1.165, 1.54) is 22.2 Å². The number of hydrogen-bond donors (Lipinski definition) is 1. The SMILES string of the molecule is Cc1sc2ncn(CC(=O)NCCN(C)C)c(=O)c2c1C. The summed E-state index contributed by atoms with van der Waals surface area (Å²) >= 11 is 1.51. The van der Waals surface area contributed by atoms with Crippen LogP contribution in [0.15, 0.2) is 11.1 Å². The van der Waals surface area contributed by atoms with Gasteiger partial charge < -0.3 is 10.2 Å². The standard InChI is InChI=1S/C14H20N4O2S/c1-9-10(2)21-13-12(9)14(20)18(8-16-13)7-11(19)15-5-6-17(3)4/h8H,5-7H2,1-4H3,(H,15,19). The van der Waals surface area contributed by atoms with Gasteiger partial charge in [-0.1, -0.05) is 0 Å². The number of nitrogens with zero attached hydrogens (tertiary/aromatic N) is 3. The molecule has 1 amide bonds. The summed E-state index contributed by atoms with van der Waals surface area (Å²) in [6.07, 6.45) is 1.45. The fourth-order valence-corrected chi connectivity index (χ4v) is 3.00. The maximum absolute atomic E-state index is 12.4. The molecule has 0 aliphatic carbocycles. The third-order valence-corrected chi connectivity index (χ3v) is 4.47. The number of rotatable bonds is 5. The van der Waals surface area contributed by atoms with E-state index in [4.69, 9.17) is 0 Å². The van der Waals surface area contributed by atoms with E-state index in [2.05, 4.69) is 10.3 Å². The summed E-state index contributed by atoms with van der Waals surface area (Å²) in [5.74, 6) is -0.176. The number of aromatic nitrogens is 2. The van der Waals surface area contributed by atoms with E-state index >= 15 is 0 Å². The molecule has 0 aliphatic rings. The number of hydrogen-bond acceptors (Lipinski definition) is 5. The Morgan fingerprint density at radius 3 is 2.81 bits per heavy atom. The van der Waals surface area contributed by atoms with Crippen molar-refractivity contribution in [2.24, 2.45) is 0 Å². The summed E-state index contributed by atoms with van der Waals surface area (Å²) in [7, 11) is 3.88. The molecule has 0 radical (unpaired) electrons. The minimum atomic E-state index is -0.176. The van der Waals surface area contributed by atoms with Gasteiger partial charge in [-0.05, 0) is 33.5 Å². The van der Waals surface area contributed by atoms with Gasteiger partial charge in [0.05, 0.1) is 11.7 Å². The molecular formula is C14H20N4O2S. The molecule has 2 aromatic rings. The average Bonchev–Trinajstić information content (AvgIpc) is 2.69. The zero-order valence-corrected chi connectivity index (χ0v) is 13.6. The summed E-state index contributed by atoms with van der Waals surface area (Å²) in [5, 5.41) is 3.42. The monoisotopic (exact) mass is 308 g/mol. The van der Waals surface area contributed by atoms with E-state index in [9.17, 15) is 9.59 Å². The summed E-state index contributed by atoms with van der Waals surface area (Å²) in [6.45, 7) is 5.22. The van der Waals surface area contributed by atoms with Gasteiger partial charge in [0, 0.05) is 18.0 Å². The smallest absolute Gasteiger partial charge is 0.262 e. The van der Waals surface area contributed by atoms with Gasteiger partial charge in [0.25, 0.3) is 5.56 Å². The van der Waals surface area contributed by atoms with Crippen LogP contribution in [0, 0.1) is 13.8 Å². The lowest BCUT2D eigenvalue weighted by Crippen LogP contribution is -2.36. The van der Waals surface area contributed by atoms with E-state index in [1.807, 2.05) is 32.8 Å².